The van der Waals surface area contributed by atoms with Crippen LogP contribution in [0.5, 0.6) is 0 Å². The maximum atomic E-state index is 12.7. The van der Waals surface area contributed by atoms with E-state index in [9.17, 15) is 9.90 Å². The second-order valence-electron chi connectivity index (χ2n) is 6.64. The number of likely N-dealkylation sites (tertiary alicyclic amines) is 1. The molecule has 2 atom stereocenters. The molecule has 1 amide bonds. The zero-order valence-electron chi connectivity index (χ0n) is 14.3. The monoisotopic (exact) mass is 327 g/mol. The Hall–Kier alpha value is -2.14. The first-order valence-corrected chi connectivity index (χ1v) is 8.57. The van der Waals surface area contributed by atoms with Crippen LogP contribution >= 0.6 is 0 Å². The molecule has 0 saturated carbocycles. The van der Waals surface area contributed by atoms with Crippen LogP contribution in [-0.4, -0.2) is 38.6 Å². The molecular formula is C19H25N3O2. The molecule has 2 heterocycles. The molecule has 0 bridgehead atoms. The van der Waals surface area contributed by atoms with E-state index in [2.05, 4.69) is 4.98 Å². The van der Waals surface area contributed by atoms with Crippen molar-refractivity contribution >= 4 is 5.91 Å². The van der Waals surface area contributed by atoms with Crippen LogP contribution < -0.4 is 0 Å². The van der Waals surface area contributed by atoms with Gasteiger partial charge < -0.3 is 14.6 Å². The second-order valence-corrected chi connectivity index (χ2v) is 6.64. The van der Waals surface area contributed by atoms with Gasteiger partial charge in [0.15, 0.2) is 0 Å². The molecule has 3 rings (SSSR count). The van der Waals surface area contributed by atoms with E-state index in [1.54, 1.807) is 6.20 Å². The van der Waals surface area contributed by atoms with Gasteiger partial charge in [-0.2, -0.15) is 0 Å². The van der Waals surface area contributed by atoms with Gasteiger partial charge in [-0.25, -0.2) is 4.98 Å². The zero-order chi connectivity index (χ0) is 17.1. The minimum atomic E-state index is -0.561. The lowest BCUT2D eigenvalue weighted by Gasteiger charge is -2.35. The lowest BCUT2D eigenvalue weighted by Crippen LogP contribution is -2.41. The van der Waals surface area contributed by atoms with Crippen LogP contribution in [0, 0.1) is 5.92 Å². The maximum absolute atomic E-state index is 12.7. The Morgan fingerprint density at radius 1 is 1.25 bits per heavy atom. The molecule has 5 nitrogen and oxygen atoms in total. The van der Waals surface area contributed by atoms with Gasteiger partial charge in [0.2, 0.25) is 5.91 Å². The predicted molar refractivity (Wildman–Crippen MR) is 92.3 cm³/mol. The van der Waals surface area contributed by atoms with Crippen LogP contribution in [0.2, 0.25) is 0 Å². The van der Waals surface area contributed by atoms with Crippen LogP contribution in [0.4, 0.5) is 0 Å². The Labute approximate surface area is 142 Å². The highest BCUT2D eigenvalue weighted by atomic mass is 16.3. The number of hydrogen-bond donors (Lipinski definition) is 1. The Balaban J connectivity index is 1.59. The number of hydrogen-bond acceptors (Lipinski definition) is 3. The molecule has 1 aliphatic heterocycles. The van der Waals surface area contributed by atoms with E-state index in [1.165, 1.54) is 0 Å². The highest BCUT2D eigenvalue weighted by Gasteiger charge is 2.31. The van der Waals surface area contributed by atoms with Crippen molar-refractivity contribution in [2.45, 2.75) is 31.8 Å². The smallest absolute Gasteiger partial charge is 0.229 e. The van der Waals surface area contributed by atoms with Crippen molar-refractivity contribution in [2.24, 2.45) is 13.0 Å². The average Bonchev–Trinajstić information content (AvgIpc) is 3.06. The number of aromatic nitrogens is 2. The molecule has 5 heteroatoms. The summed E-state index contributed by atoms with van der Waals surface area (Å²) in [4.78, 5) is 18.9. The topological polar surface area (TPSA) is 58.4 Å². The first kappa shape index (κ1) is 16.7. The quantitative estimate of drug-likeness (QED) is 0.938. The van der Waals surface area contributed by atoms with Gasteiger partial charge >= 0.3 is 0 Å². The molecule has 1 aliphatic rings. The van der Waals surface area contributed by atoms with E-state index in [1.807, 2.05) is 60.0 Å². The van der Waals surface area contributed by atoms with Gasteiger partial charge in [-0.05, 0) is 31.2 Å². The van der Waals surface area contributed by atoms with Gasteiger partial charge in [-0.3, -0.25) is 4.79 Å². The molecule has 1 aromatic heterocycles. The molecule has 1 saturated heterocycles. The first-order valence-electron chi connectivity index (χ1n) is 8.57. The third-order valence-corrected chi connectivity index (χ3v) is 5.09. The van der Waals surface area contributed by atoms with Crippen molar-refractivity contribution in [1.29, 1.82) is 0 Å². The highest BCUT2D eigenvalue weighted by Crippen LogP contribution is 2.31. The van der Waals surface area contributed by atoms with E-state index in [0.717, 1.165) is 18.4 Å². The van der Waals surface area contributed by atoms with Crippen molar-refractivity contribution in [2.75, 3.05) is 13.1 Å². The maximum Gasteiger partial charge on any atom is 0.229 e. The summed E-state index contributed by atoms with van der Waals surface area (Å²) in [6.45, 7) is 3.36. The lowest BCUT2D eigenvalue weighted by atomic mass is 9.89. The summed E-state index contributed by atoms with van der Waals surface area (Å²) in [5.41, 5.74) is 1.05. The van der Waals surface area contributed by atoms with Gasteiger partial charge in [0, 0.05) is 32.5 Å². The third-order valence-electron chi connectivity index (χ3n) is 5.09. The number of rotatable bonds is 4. The fourth-order valence-corrected chi connectivity index (χ4v) is 3.47. The highest BCUT2D eigenvalue weighted by molar-refractivity contribution is 5.83. The van der Waals surface area contributed by atoms with Gasteiger partial charge in [-0.15, -0.1) is 0 Å². The summed E-state index contributed by atoms with van der Waals surface area (Å²) in [6.07, 6.45) is 4.61. The Kier molecular flexibility index (Phi) is 5.00. The van der Waals surface area contributed by atoms with Gasteiger partial charge in [-0.1, -0.05) is 30.3 Å². The Morgan fingerprint density at radius 3 is 2.50 bits per heavy atom. The molecule has 1 fully saturated rings. The standard InChI is InChI=1S/C19H25N3O2/c1-14(15-6-4-3-5-7-15)19(24)22-11-8-16(9-12-22)17(23)18-20-10-13-21(18)2/h3-7,10,13-14,16-17,23H,8-9,11-12H2,1-2H3/t14-,17+/m1/s1. The van der Waals surface area contributed by atoms with Gasteiger partial charge in [0.05, 0.1) is 5.92 Å². The van der Waals surface area contributed by atoms with E-state index >= 15 is 0 Å². The SMILES string of the molecule is C[C@@H](C(=O)N1CCC([C@H](O)c2nccn2C)CC1)c1ccccc1. The minimum absolute atomic E-state index is 0.123. The molecule has 0 radical (unpaired) electrons. The molecule has 0 spiro atoms. The zero-order valence-corrected chi connectivity index (χ0v) is 14.3. The number of nitrogens with zero attached hydrogens (tertiary/aromatic N) is 3. The molecule has 1 aromatic carbocycles. The van der Waals surface area contributed by atoms with E-state index in [-0.39, 0.29) is 17.7 Å². The van der Waals surface area contributed by atoms with E-state index in [4.69, 9.17) is 0 Å². The third kappa shape index (κ3) is 3.36. The van der Waals surface area contributed by atoms with Crippen molar-refractivity contribution in [3.05, 3.63) is 54.1 Å². The Bertz CT molecular complexity index is 675. The van der Waals surface area contributed by atoms with Gasteiger partial charge in [0.1, 0.15) is 11.9 Å². The number of carbonyl (C=O) groups is 1. The van der Waals surface area contributed by atoms with Crippen molar-refractivity contribution < 1.29 is 9.90 Å². The molecule has 24 heavy (non-hydrogen) atoms. The summed E-state index contributed by atoms with van der Waals surface area (Å²) in [7, 11) is 1.89. The summed E-state index contributed by atoms with van der Waals surface area (Å²) >= 11 is 0. The molecule has 1 N–H and O–H groups in total. The van der Waals surface area contributed by atoms with Crippen molar-refractivity contribution in [3.63, 3.8) is 0 Å². The van der Waals surface area contributed by atoms with Crippen molar-refractivity contribution in [1.82, 2.24) is 14.5 Å². The number of aryl methyl sites for hydroxylation is 1. The summed E-state index contributed by atoms with van der Waals surface area (Å²) in [6, 6.07) is 9.90. The number of aliphatic hydroxyl groups is 1. The predicted octanol–water partition coefficient (Wildman–Crippen LogP) is 2.50. The fourth-order valence-electron chi connectivity index (χ4n) is 3.47. The van der Waals surface area contributed by atoms with Crippen LogP contribution in [0.3, 0.4) is 0 Å². The molecule has 0 aliphatic carbocycles. The normalized spacial score (nSPS) is 18.4. The van der Waals surface area contributed by atoms with Crippen LogP contribution in [0.1, 0.15) is 43.2 Å². The summed E-state index contributed by atoms with van der Waals surface area (Å²) in [5, 5.41) is 10.5. The van der Waals surface area contributed by atoms with Crippen LogP contribution in [0.15, 0.2) is 42.7 Å². The van der Waals surface area contributed by atoms with Gasteiger partial charge in [0.25, 0.3) is 0 Å². The summed E-state index contributed by atoms with van der Waals surface area (Å²) < 4.78 is 1.86. The van der Waals surface area contributed by atoms with E-state index < -0.39 is 6.10 Å². The second kappa shape index (κ2) is 7.18. The molecule has 2 aromatic rings. The first-order chi connectivity index (χ1) is 11.6. The fraction of sp³-hybridized carbons (Fsp3) is 0.474. The number of piperidine rings is 1. The number of imidazole rings is 1. The number of benzene rings is 1. The largest absolute Gasteiger partial charge is 0.385 e. The molecule has 0 unspecified atom stereocenters. The molecule has 128 valence electrons. The number of carbonyl (C=O) groups excluding carboxylic acids is 1. The Morgan fingerprint density at radius 2 is 1.92 bits per heavy atom. The summed E-state index contributed by atoms with van der Waals surface area (Å²) in [5.74, 6) is 0.910. The van der Waals surface area contributed by atoms with Crippen molar-refractivity contribution in [3.8, 4) is 0 Å². The van der Waals surface area contributed by atoms with Crippen LogP contribution in [0.25, 0.3) is 0 Å². The number of aliphatic hydroxyl groups excluding tert-OH is 1. The average molecular weight is 327 g/mol. The molecular weight excluding hydrogens is 302 g/mol. The van der Waals surface area contributed by atoms with E-state index in [0.29, 0.717) is 18.9 Å². The minimum Gasteiger partial charge on any atom is -0.385 e. The van der Waals surface area contributed by atoms with Crippen LogP contribution in [-0.2, 0) is 11.8 Å². The number of amides is 1. The lowest BCUT2D eigenvalue weighted by molar-refractivity contribution is -0.134.